The van der Waals surface area contributed by atoms with Gasteiger partial charge in [0.15, 0.2) is 5.79 Å². The molecule has 1 spiro atoms. The molecule has 1 aromatic rings. The summed E-state index contributed by atoms with van der Waals surface area (Å²) in [5.41, 5.74) is 1.91. The maximum atomic E-state index is 12.3. The Balaban J connectivity index is 1.60. The molecule has 1 amide bonds. The highest BCUT2D eigenvalue weighted by molar-refractivity contribution is 5.94. The van der Waals surface area contributed by atoms with Crippen molar-refractivity contribution >= 4 is 5.91 Å². The molecule has 4 heteroatoms. The molecule has 4 nitrogen and oxygen atoms in total. The molecule has 0 atom stereocenters. The van der Waals surface area contributed by atoms with Gasteiger partial charge in [0.2, 0.25) is 0 Å². The van der Waals surface area contributed by atoms with Gasteiger partial charge in [-0.25, -0.2) is 0 Å². The summed E-state index contributed by atoms with van der Waals surface area (Å²) in [6.07, 6.45) is 0. The molecule has 0 aromatic heterocycles. The van der Waals surface area contributed by atoms with Crippen molar-refractivity contribution in [2.45, 2.75) is 26.6 Å². The molecule has 3 rings (SSSR count). The van der Waals surface area contributed by atoms with E-state index in [0.29, 0.717) is 13.2 Å². The lowest BCUT2D eigenvalue weighted by Crippen LogP contribution is -2.65. The lowest BCUT2D eigenvalue weighted by Gasteiger charge is -2.54. The van der Waals surface area contributed by atoms with Gasteiger partial charge in [0, 0.05) is 18.7 Å². The van der Waals surface area contributed by atoms with Crippen molar-refractivity contribution in [3.8, 4) is 0 Å². The van der Waals surface area contributed by atoms with Gasteiger partial charge in [-0.05, 0) is 32.9 Å². The van der Waals surface area contributed by atoms with Gasteiger partial charge in [-0.3, -0.25) is 4.79 Å². The number of aryl methyl sites for hydroxylation is 1. The number of carbonyl (C=O) groups excluding carboxylic acids is 1. The van der Waals surface area contributed by atoms with E-state index in [1.54, 1.807) is 0 Å². The van der Waals surface area contributed by atoms with Crippen LogP contribution in [0.1, 0.15) is 29.8 Å². The molecule has 2 fully saturated rings. The minimum atomic E-state index is -0.493. The first-order valence-corrected chi connectivity index (χ1v) is 7.03. The van der Waals surface area contributed by atoms with Crippen molar-refractivity contribution < 1.29 is 14.3 Å². The molecule has 2 aliphatic rings. The van der Waals surface area contributed by atoms with Crippen LogP contribution < -0.4 is 0 Å². The predicted molar refractivity (Wildman–Crippen MR) is 75.5 cm³/mol. The number of ether oxygens (including phenoxy) is 2. The second-order valence-electron chi connectivity index (χ2n) is 6.50. The summed E-state index contributed by atoms with van der Waals surface area (Å²) in [5, 5.41) is 0. The van der Waals surface area contributed by atoms with Crippen molar-refractivity contribution in [3.05, 3.63) is 35.4 Å². The molecule has 1 aromatic carbocycles. The van der Waals surface area contributed by atoms with Crippen molar-refractivity contribution in [3.63, 3.8) is 0 Å². The Bertz CT molecular complexity index is 503. The van der Waals surface area contributed by atoms with E-state index in [1.807, 2.05) is 49.9 Å². The number of amides is 1. The first kappa shape index (κ1) is 13.6. The van der Waals surface area contributed by atoms with Gasteiger partial charge in [-0.1, -0.05) is 17.7 Å². The van der Waals surface area contributed by atoms with E-state index in [2.05, 4.69) is 0 Å². The fourth-order valence-corrected chi connectivity index (χ4v) is 2.71. The molecular formula is C16H21NO3. The molecule has 2 saturated heterocycles. The summed E-state index contributed by atoms with van der Waals surface area (Å²) >= 11 is 0. The largest absolute Gasteiger partial charge is 0.350 e. The lowest BCUT2D eigenvalue weighted by molar-refractivity contribution is -0.301. The fourth-order valence-electron chi connectivity index (χ4n) is 2.71. The monoisotopic (exact) mass is 275 g/mol. The third kappa shape index (κ3) is 2.45. The molecule has 0 aliphatic carbocycles. The molecule has 0 N–H and O–H groups in total. The number of hydrogen-bond donors (Lipinski definition) is 0. The molecule has 0 radical (unpaired) electrons. The standard InChI is InChI=1S/C16H21NO3/c1-12-4-6-13(7-5-12)14(18)17-8-16(9-17)10-19-15(2,3)20-11-16/h4-7H,8-11H2,1-3H3. The number of benzene rings is 1. The van der Waals surface area contributed by atoms with Crippen molar-refractivity contribution in [2.75, 3.05) is 26.3 Å². The zero-order chi connectivity index (χ0) is 14.4. The van der Waals surface area contributed by atoms with Crippen LogP contribution in [0.2, 0.25) is 0 Å². The number of likely N-dealkylation sites (tertiary alicyclic amines) is 1. The first-order valence-electron chi connectivity index (χ1n) is 7.03. The van der Waals surface area contributed by atoms with Gasteiger partial charge in [-0.2, -0.15) is 0 Å². The molecule has 0 saturated carbocycles. The van der Waals surface area contributed by atoms with Crippen LogP contribution in [0.3, 0.4) is 0 Å². The Morgan fingerprint density at radius 3 is 2.20 bits per heavy atom. The summed E-state index contributed by atoms with van der Waals surface area (Å²) in [6.45, 7) is 8.63. The molecular weight excluding hydrogens is 254 g/mol. The van der Waals surface area contributed by atoms with E-state index < -0.39 is 5.79 Å². The van der Waals surface area contributed by atoms with Crippen LogP contribution in [0.25, 0.3) is 0 Å². The van der Waals surface area contributed by atoms with Gasteiger partial charge in [0.25, 0.3) is 5.91 Å². The Morgan fingerprint density at radius 2 is 1.65 bits per heavy atom. The maximum Gasteiger partial charge on any atom is 0.253 e. The van der Waals surface area contributed by atoms with E-state index in [9.17, 15) is 4.79 Å². The van der Waals surface area contributed by atoms with Gasteiger partial charge in [-0.15, -0.1) is 0 Å². The fraction of sp³-hybridized carbons (Fsp3) is 0.562. The Kier molecular flexibility index (Phi) is 3.10. The van der Waals surface area contributed by atoms with E-state index in [0.717, 1.165) is 24.2 Å². The van der Waals surface area contributed by atoms with Crippen LogP contribution in [-0.2, 0) is 9.47 Å². The van der Waals surface area contributed by atoms with Crippen LogP contribution in [0, 0.1) is 12.3 Å². The van der Waals surface area contributed by atoms with Gasteiger partial charge in [0.05, 0.1) is 18.6 Å². The van der Waals surface area contributed by atoms with Gasteiger partial charge in [0.1, 0.15) is 0 Å². The number of hydrogen-bond acceptors (Lipinski definition) is 3. The van der Waals surface area contributed by atoms with Crippen LogP contribution in [0.5, 0.6) is 0 Å². The van der Waals surface area contributed by atoms with Crippen molar-refractivity contribution in [1.82, 2.24) is 4.90 Å². The zero-order valence-electron chi connectivity index (χ0n) is 12.3. The Labute approximate surface area is 119 Å². The Hall–Kier alpha value is -1.39. The molecule has 0 unspecified atom stereocenters. The number of nitrogens with zero attached hydrogens (tertiary/aromatic N) is 1. The minimum absolute atomic E-state index is 0.00409. The van der Waals surface area contributed by atoms with Crippen LogP contribution in [0.4, 0.5) is 0 Å². The van der Waals surface area contributed by atoms with Gasteiger partial charge >= 0.3 is 0 Å². The summed E-state index contributed by atoms with van der Waals surface area (Å²) in [6, 6.07) is 7.72. The average Bonchev–Trinajstić information content (AvgIpc) is 2.37. The zero-order valence-corrected chi connectivity index (χ0v) is 12.3. The highest BCUT2D eigenvalue weighted by Gasteiger charge is 2.50. The number of rotatable bonds is 1. The quantitative estimate of drug-likeness (QED) is 0.789. The lowest BCUT2D eigenvalue weighted by atomic mass is 9.80. The van der Waals surface area contributed by atoms with E-state index in [4.69, 9.17) is 9.47 Å². The summed E-state index contributed by atoms with van der Waals surface area (Å²) in [7, 11) is 0. The highest BCUT2D eigenvalue weighted by Crippen LogP contribution is 2.38. The van der Waals surface area contributed by atoms with E-state index >= 15 is 0 Å². The van der Waals surface area contributed by atoms with Crippen LogP contribution >= 0.6 is 0 Å². The third-order valence-corrected chi connectivity index (χ3v) is 4.09. The average molecular weight is 275 g/mol. The molecule has 20 heavy (non-hydrogen) atoms. The Morgan fingerprint density at radius 1 is 1.10 bits per heavy atom. The van der Waals surface area contributed by atoms with Crippen molar-refractivity contribution in [1.29, 1.82) is 0 Å². The summed E-state index contributed by atoms with van der Waals surface area (Å²) < 4.78 is 11.4. The molecule has 0 bridgehead atoms. The molecule has 2 heterocycles. The van der Waals surface area contributed by atoms with E-state index in [-0.39, 0.29) is 11.3 Å². The topological polar surface area (TPSA) is 38.8 Å². The minimum Gasteiger partial charge on any atom is -0.350 e. The highest BCUT2D eigenvalue weighted by atomic mass is 16.7. The van der Waals surface area contributed by atoms with E-state index in [1.165, 1.54) is 0 Å². The SMILES string of the molecule is Cc1ccc(C(=O)N2CC3(COC(C)(C)OC3)C2)cc1. The second kappa shape index (κ2) is 4.57. The van der Waals surface area contributed by atoms with Gasteiger partial charge < -0.3 is 14.4 Å². The van der Waals surface area contributed by atoms with Crippen LogP contribution in [-0.4, -0.2) is 42.9 Å². The van der Waals surface area contributed by atoms with Crippen LogP contribution in [0.15, 0.2) is 24.3 Å². The summed E-state index contributed by atoms with van der Waals surface area (Å²) in [5.74, 6) is -0.396. The predicted octanol–water partition coefficient (Wildman–Crippen LogP) is 2.22. The summed E-state index contributed by atoms with van der Waals surface area (Å²) in [4.78, 5) is 14.2. The maximum absolute atomic E-state index is 12.3. The molecule has 108 valence electrons. The first-order chi connectivity index (χ1) is 9.39. The number of carbonyl (C=O) groups is 1. The normalized spacial score (nSPS) is 23.4. The third-order valence-electron chi connectivity index (χ3n) is 4.09. The smallest absolute Gasteiger partial charge is 0.253 e. The molecule has 2 aliphatic heterocycles. The van der Waals surface area contributed by atoms with Crippen molar-refractivity contribution in [2.24, 2.45) is 5.41 Å². The second-order valence-corrected chi connectivity index (χ2v) is 6.50.